The number of ketones is 1. The van der Waals surface area contributed by atoms with E-state index in [4.69, 9.17) is 28.4 Å². The van der Waals surface area contributed by atoms with Gasteiger partial charge in [0, 0.05) is 94.9 Å². The van der Waals surface area contributed by atoms with Crippen LogP contribution < -0.4 is 10.6 Å². The van der Waals surface area contributed by atoms with Crippen LogP contribution in [0.15, 0.2) is 36.5 Å². The molecule has 5 atom stereocenters. The Morgan fingerprint density at radius 3 is 1.09 bits per heavy atom. The number of nitrogens with zero attached hydrogens (tertiary/aromatic N) is 4. The van der Waals surface area contributed by atoms with E-state index in [9.17, 15) is 28.8 Å². The number of piperidine rings is 1. The average molecular weight is 1150 g/mol. The number of nitrogens with one attached hydrogen (secondary N) is 2. The van der Waals surface area contributed by atoms with Gasteiger partial charge in [0.25, 0.3) is 0 Å². The van der Waals surface area contributed by atoms with Gasteiger partial charge in [-0.1, -0.05) is 103 Å². The van der Waals surface area contributed by atoms with Crippen LogP contribution in [-0.2, 0) is 62.0 Å². The third kappa shape index (κ3) is 31.4. The molecule has 0 spiro atoms. The Labute approximate surface area is 483 Å². The Kier molecular flexibility index (Phi) is 34.6. The standard InChI is InChI=1S/C60H102N6O15/c1-38(2)28-63(29-39(3)4)34-47(80-59(74)61-21-24-77-57(72)45(15)16)26-50-53(68)51(27-48(35-64(30-40(5)6)31-41(7)8)81-60(75)62-22-25-78-58(73)46(17)18)55(70)66(54(50)69)37-49(36-65(32-42(9)10)33-43(11)12)79-52(67)20-19-23-76-56(71)44(13)14/h38-43,47-51H,13,15,17,19-37H2,1-12,14,16,18H3,(H,61,74)(H,62,75). The molecule has 2 N–H and O–H groups in total. The first-order valence-corrected chi connectivity index (χ1v) is 28.9. The summed E-state index contributed by atoms with van der Waals surface area (Å²) in [7, 11) is 0. The first-order valence-electron chi connectivity index (χ1n) is 28.9. The van der Waals surface area contributed by atoms with Crippen molar-refractivity contribution < 1.29 is 71.6 Å². The molecule has 81 heavy (non-hydrogen) atoms. The zero-order valence-corrected chi connectivity index (χ0v) is 51.8. The molecule has 21 nitrogen and oxygen atoms in total. The van der Waals surface area contributed by atoms with Gasteiger partial charge in [0.05, 0.1) is 26.2 Å². The van der Waals surface area contributed by atoms with E-state index in [1.165, 1.54) is 20.8 Å². The summed E-state index contributed by atoms with van der Waals surface area (Å²) in [6.07, 6.45) is -5.90. The number of hydrogen-bond acceptors (Lipinski definition) is 18. The molecule has 21 heteroatoms. The monoisotopic (exact) mass is 1150 g/mol. The Hall–Kier alpha value is -5.67. The molecule has 1 fully saturated rings. The predicted molar refractivity (Wildman–Crippen MR) is 309 cm³/mol. The second-order valence-electron chi connectivity index (χ2n) is 24.2. The summed E-state index contributed by atoms with van der Waals surface area (Å²) in [4.78, 5) is 130. The number of alkyl carbamates (subject to hydrolysis) is 2. The van der Waals surface area contributed by atoms with Gasteiger partial charge in [0.1, 0.15) is 43.4 Å². The Balaban J connectivity index is 4.15. The second-order valence-corrected chi connectivity index (χ2v) is 24.2. The third-order valence-corrected chi connectivity index (χ3v) is 12.2. The van der Waals surface area contributed by atoms with Crippen LogP contribution in [0.5, 0.6) is 0 Å². The fourth-order valence-electron chi connectivity index (χ4n) is 9.38. The molecule has 1 saturated heterocycles. The number of carbonyl (C=O) groups excluding carboxylic acids is 9. The molecule has 462 valence electrons. The van der Waals surface area contributed by atoms with Gasteiger partial charge in [-0.2, -0.15) is 0 Å². The lowest BCUT2D eigenvalue weighted by molar-refractivity contribution is -0.168. The van der Waals surface area contributed by atoms with Gasteiger partial charge in [-0.05, 0) is 62.7 Å². The van der Waals surface area contributed by atoms with Crippen LogP contribution in [0, 0.1) is 47.3 Å². The van der Waals surface area contributed by atoms with Crippen LogP contribution in [0.2, 0.25) is 0 Å². The predicted octanol–water partition coefficient (Wildman–Crippen LogP) is 7.02. The Morgan fingerprint density at radius 1 is 0.469 bits per heavy atom. The number of ether oxygens (including phenoxy) is 6. The van der Waals surface area contributed by atoms with Crippen LogP contribution >= 0.6 is 0 Å². The summed E-state index contributed by atoms with van der Waals surface area (Å²) in [5, 5.41) is 5.18. The molecule has 0 saturated carbocycles. The van der Waals surface area contributed by atoms with Crippen molar-refractivity contribution in [1.82, 2.24) is 30.2 Å². The van der Waals surface area contributed by atoms with Gasteiger partial charge in [-0.25, -0.2) is 24.0 Å². The lowest BCUT2D eigenvalue weighted by Gasteiger charge is -2.39. The van der Waals surface area contributed by atoms with Crippen LogP contribution in [-0.4, -0.2) is 190 Å². The van der Waals surface area contributed by atoms with Crippen molar-refractivity contribution in [2.24, 2.45) is 47.3 Å². The highest BCUT2D eigenvalue weighted by atomic mass is 16.6. The van der Waals surface area contributed by atoms with Crippen LogP contribution in [0.1, 0.15) is 130 Å². The van der Waals surface area contributed by atoms with Crippen LogP contribution in [0.3, 0.4) is 0 Å². The molecule has 0 aliphatic carbocycles. The van der Waals surface area contributed by atoms with Gasteiger partial charge >= 0.3 is 36.1 Å². The number of imide groups is 1. The van der Waals surface area contributed by atoms with Crippen molar-refractivity contribution in [3.63, 3.8) is 0 Å². The second kappa shape index (κ2) is 38.2. The number of hydrogen-bond donors (Lipinski definition) is 2. The van der Waals surface area contributed by atoms with Gasteiger partial charge in [-0.15, -0.1) is 0 Å². The van der Waals surface area contributed by atoms with E-state index in [0.29, 0.717) is 39.3 Å². The van der Waals surface area contributed by atoms with E-state index in [1.54, 1.807) is 0 Å². The molecule has 0 aromatic heterocycles. The van der Waals surface area contributed by atoms with E-state index in [1.807, 2.05) is 83.1 Å². The minimum Gasteiger partial charge on any atom is -0.462 e. The van der Waals surface area contributed by atoms with Crippen molar-refractivity contribution >= 4 is 53.7 Å². The first-order chi connectivity index (χ1) is 37.8. The SMILES string of the molecule is C=C(C)C(=O)OCCCC(=O)OC(CN(CC(C)C)CC(C)C)CN1C(=O)C(CC(CN(CC(C)C)CC(C)C)OC(=O)NCCOC(=O)C(=C)C)C(=O)C(CC(CN(CC(C)C)CC(C)C)OC(=O)NCCOC(=O)C(=C)C)C1=O. The van der Waals surface area contributed by atoms with E-state index in [0.717, 1.165) is 4.90 Å². The van der Waals surface area contributed by atoms with Crippen LogP contribution in [0.25, 0.3) is 0 Å². The third-order valence-electron chi connectivity index (χ3n) is 12.2. The summed E-state index contributed by atoms with van der Waals surface area (Å²) in [5.41, 5.74) is 0.553. The highest BCUT2D eigenvalue weighted by molar-refractivity contribution is 6.20. The topological polar surface area (TPSA) is 246 Å². The van der Waals surface area contributed by atoms with Crippen molar-refractivity contribution in [1.29, 1.82) is 0 Å². The molecule has 0 aromatic rings. The fraction of sp³-hybridized carbons (Fsp3) is 0.750. The maximum Gasteiger partial charge on any atom is 0.407 e. The highest BCUT2D eigenvalue weighted by Gasteiger charge is 2.50. The van der Waals surface area contributed by atoms with Crippen molar-refractivity contribution in [2.75, 3.05) is 98.4 Å². The number of rotatable bonds is 40. The summed E-state index contributed by atoms with van der Waals surface area (Å²) < 4.78 is 33.8. The molecular formula is C60H102N6O15. The molecule has 0 bridgehead atoms. The average Bonchev–Trinajstić information content (AvgIpc) is 3.36. The summed E-state index contributed by atoms with van der Waals surface area (Å²) in [6.45, 7) is 42.3. The summed E-state index contributed by atoms with van der Waals surface area (Å²) in [6, 6.07) is 0. The lowest BCUT2D eigenvalue weighted by atomic mass is 9.80. The minimum atomic E-state index is -1.58. The number of likely N-dealkylation sites (tertiary alicyclic amines) is 1. The number of amides is 4. The lowest BCUT2D eigenvalue weighted by Crippen LogP contribution is -2.59. The normalized spacial score (nSPS) is 15.9. The maximum absolute atomic E-state index is 15.3. The Bertz CT molecular complexity index is 1810. The number of Topliss-reactive ketones (excluding diaryl/α,β-unsaturated/α-hetero) is 1. The zero-order valence-electron chi connectivity index (χ0n) is 51.8. The number of esters is 4. The first kappa shape index (κ1) is 73.3. The van der Waals surface area contributed by atoms with Gasteiger partial charge < -0.3 is 39.1 Å². The van der Waals surface area contributed by atoms with E-state index in [2.05, 4.69) is 45.1 Å². The Morgan fingerprint density at radius 2 is 0.778 bits per heavy atom. The molecular weight excluding hydrogens is 1040 g/mol. The summed E-state index contributed by atoms with van der Waals surface area (Å²) >= 11 is 0. The smallest absolute Gasteiger partial charge is 0.407 e. The van der Waals surface area contributed by atoms with Crippen molar-refractivity contribution in [2.45, 2.75) is 148 Å². The number of carbonyl (C=O) groups is 9. The zero-order chi connectivity index (χ0) is 61.7. The van der Waals surface area contributed by atoms with E-state index in [-0.39, 0.29) is 130 Å². The molecule has 0 aromatic carbocycles. The van der Waals surface area contributed by atoms with Gasteiger partial charge in [-0.3, -0.25) is 38.8 Å². The fourth-order valence-corrected chi connectivity index (χ4v) is 9.38. The van der Waals surface area contributed by atoms with Crippen molar-refractivity contribution in [3.8, 4) is 0 Å². The van der Waals surface area contributed by atoms with Gasteiger partial charge in [0.15, 0.2) is 5.78 Å². The molecule has 1 aliphatic rings. The maximum atomic E-state index is 15.3. The molecule has 1 aliphatic heterocycles. The molecule has 1 rings (SSSR count). The highest BCUT2D eigenvalue weighted by Crippen LogP contribution is 2.31. The van der Waals surface area contributed by atoms with E-state index >= 15 is 14.4 Å². The molecule has 0 radical (unpaired) electrons. The largest absolute Gasteiger partial charge is 0.462 e. The molecule has 1 heterocycles. The quantitative estimate of drug-likeness (QED) is 0.0156. The molecule has 4 amide bonds. The minimum absolute atomic E-state index is 0.0855. The van der Waals surface area contributed by atoms with Gasteiger partial charge in [0.2, 0.25) is 11.8 Å². The van der Waals surface area contributed by atoms with Crippen LogP contribution in [0.4, 0.5) is 9.59 Å². The van der Waals surface area contributed by atoms with E-state index < -0.39 is 90.4 Å². The van der Waals surface area contributed by atoms with Crippen molar-refractivity contribution in [3.05, 3.63) is 36.5 Å². The molecule has 5 unspecified atom stereocenters. The summed E-state index contributed by atoms with van der Waals surface area (Å²) in [5.74, 6) is -7.23.